The van der Waals surface area contributed by atoms with E-state index >= 15 is 0 Å². The minimum absolute atomic E-state index is 0. The van der Waals surface area contributed by atoms with E-state index in [9.17, 15) is 9.18 Å². The molecule has 2 aromatic carbocycles. The van der Waals surface area contributed by atoms with Crippen molar-refractivity contribution in [3.63, 3.8) is 0 Å². The highest BCUT2D eigenvalue weighted by atomic mass is 35.5. The van der Waals surface area contributed by atoms with Gasteiger partial charge < -0.3 is 15.0 Å². The van der Waals surface area contributed by atoms with Crippen LogP contribution in [-0.4, -0.2) is 43.1 Å². The van der Waals surface area contributed by atoms with Gasteiger partial charge in [0, 0.05) is 25.2 Å². The van der Waals surface area contributed by atoms with Crippen LogP contribution >= 0.6 is 12.4 Å². The van der Waals surface area contributed by atoms with Crippen molar-refractivity contribution in [1.82, 2.24) is 10.2 Å². The number of methoxy groups -OCH3 is 1. The smallest absolute Gasteiger partial charge is 0.257 e. The van der Waals surface area contributed by atoms with Gasteiger partial charge in [-0.25, -0.2) is 4.39 Å². The van der Waals surface area contributed by atoms with Gasteiger partial charge in [-0.1, -0.05) is 18.2 Å². The number of benzene rings is 2. The zero-order valence-corrected chi connectivity index (χ0v) is 16.0. The number of carbonyl (C=O) groups excluding carboxylic acids is 1. The topological polar surface area (TPSA) is 41.6 Å². The molecule has 2 aromatic rings. The summed E-state index contributed by atoms with van der Waals surface area (Å²) < 4.78 is 19.8. The maximum Gasteiger partial charge on any atom is 0.257 e. The highest BCUT2D eigenvalue weighted by molar-refractivity contribution is 5.95. The molecular weight excluding hydrogens is 355 g/mol. The molecule has 1 saturated heterocycles. The Kier molecular flexibility index (Phi) is 6.62. The zero-order valence-electron chi connectivity index (χ0n) is 15.2. The normalized spacial score (nSPS) is 19.6. The Balaban J connectivity index is 0.00000243. The minimum Gasteiger partial charge on any atom is -0.497 e. The predicted molar refractivity (Wildman–Crippen MR) is 104 cm³/mol. The quantitative estimate of drug-likeness (QED) is 0.884. The van der Waals surface area contributed by atoms with Crippen molar-refractivity contribution in [2.45, 2.75) is 25.9 Å². The molecule has 1 heterocycles. The molecule has 140 valence electrons. The molecule has 1 N–H and O–H groups in total. The molecule has 1 amide bonds. The Morgan fingerprint density at radius 2 is 1.81 bits per heavy atom. The molecule has 1 fully saturated rings. The van der Waals surface area contributed by atoms with Crippen LogP contribution in [0.3, 0.4) is 0 Å². The SMILES string of the molecule is COc1ccc(-c2ccc(C(=O)N3CCNC(C)C3C)c(F)c2)cc1.Cl. The van der Waals surface area contributed by atoms with Crippen molar-refractivity contribution in [3.05, 3.63) is 53.8 Å². The first-order chi connectivity index (χ1) is 12.0. The van der Waals surface area contributed by atoms with Crippen molar-refractivity contribution in [3.8, 4) is 16.9 Å². The van der Waals surface area contributed by atoms with E-state index in [1.807, 2.05) is 38.1 Å². The number of ether oxygens (including phenoxy) is 1. The fourth-order valence-electron chi connectivity index (χ4n) is 3.15. The number of carbonyl (C=O) groups is 1. The number of amides is 1. The summed E-state index contributed by atoms with van der Waals surface area (Å²) in [5.74, 6) is 0.00849. The Bertz CT molecular complexity index is 767. The molecule has 1 aliphatic rings. The number of nitrogens with one attached hydrogen (secondary N) is 1. The van der Waals surface area contributed by atoms with Crippen LogP contribution in [0.4, 0.5) is 4.39 Å². The van der Waals surface area contributed by atoms with Crippen LogP contribution in [0.5, 0.6) is 5.75 Å². The molecular formula is C20H24ClFN2O2. The molecule has 0 aliphatic carbocycles. The fraction of sp³-hybridized carbons (Fsp3) is 0.350. The number of piperazine rings is 1. The summed E-state index contributed by atoms with van der Waals surface area (Å²) >= 11 is 0. The molecule has 26 heavy (non-hydrogen) atoms. The van der Waals surface area contributed by atoms with Crippen molar-refractivity contribution < 1.29 is 13.9 Å². The molecule has 0 radical (unpaired) electrons. The van der Waals surface area contributed by atoms with Gasteiger partial charge in [0.15, 0.2) is 0 Å². The van der Waals surface area contributed by atoms with E-state index in [0.717, 1.165) is 23.4 Å². The van der Waals surface area contributed by atoms with Gasteiger partial charge in [0.1, 0.15) is 11.6 Å². The van der Waals surface area contributed by atoms with Crippen LogP contribution in [0, 0.1) is 5.82 Å². The van der Waals surface area contributed by atoms with Crippen molar-refractivity contribution in [2.24, 2.45) is 0 Å². The van der Waals surface area contributed by atoms with E-state index in [-0.39, 0.29) is 36.0 Å². The van der Waals surface area contributed by atoms with E-state index in [4.69, 9.17) is 4.74 Å². The average Bonchev–Trinajstić information content (AvgIpc) is 2.63. The molecule has 0 spiro atoms. The Morgan fingerprint density at radius 3 is 2.42 bits per heavy atom. The second-order valence-corrected chi connectivity index (χ2v) is 6.41. The molecule has 4 nitrogen and oxygen atoms in total. The summed E-state index contributed by atoms with van der Waals surface area (Å²) in [7, 11) is 1.60. The van der Waals surface area contributed by atoms with E-state index < -0.39 is 5.82 Å². The molecule has 0 saturated carbocycles. The average molecular weight is 379 g/mol. The van der Waals surface area contributed by atoms with Gasteiger partial charge in [-0.05, 0) is 49.2 Å². The first kappa shape index (κ1) is 20.2. The summed E-state index contributed by atoms with van der Waals surface area (Å²) in [6.45, 7) is 5.33. The van der Waals surface area contributed by atoms with Gasteiger partial charge in [0.2, 0.25) is 0 Å². The fourth-order valence-corrected chi connectivity index (χ4v) is 3.15. The molecule has 1 aliphatic heterocycles. The lowest BCUT2D eigenvalue weighted by Crippen LogP contribution is -2.57. The summed E-state index contributed by atoms with van der Waals surface area (Å²) in [6, 6.07) is 12.4. The van der Waals surface area contributed by atoms with Crippen LogP contribution in [-0.2, 0) is 0 Å². The lowest BCUT2D eigenvalue weighted by atomic mass is 10.0. The zero-order chi connectivity index (χ0) is 18.0. The van der Waals surface area contributed by atoms with E-state index in [1.54, 1.807) is 24.1 Å². The van der Waals surface area contributed by atoms with Gasteiger partial charge in [-0.2, -0.15) is 0 Å². The Hall–Kier alpha value is -2.11. The first-order valence-electron chi connectivity index (χ1n) is 8.49. The van der Waals surface area contributed by atoms with Crippen LogP contribution in [0.2, 0.25) is 0 Å². The Morgan fingerprint density at radius 1 is 1.15 bits per heavy atom. The van der Waals surface area contributed by atoms with Crippen molar-refractivity contribution in [2.75, 3.05) is 20.2 Å². The highest BCUT2D eigenvalue weighted by Gasteiger charge is 2.30. The molecule has 0 aromatic heterocycles. The summed E-state index contributed by atoms with van der Waals surface area (Å²) in [4.78, 5) is 14.5. The van der Waals surface area contributed by atoms with Crippen molar-refractivity contribution >= 4 is 18.3 Å². The lowest BCUT2D eigenvalue weighted by molar-refractivity contribution is 0.0598. The standard InChI is InChI=1S/C20H23FN2O2.ClH/c1-13-14(2)23(11-10-22-13)20(24)18-9-6-16(12-19(18)21)15-4-7-17(25-3)8-5-15;/h4-9,12-14,22H,10-11H2,1-3H3;1H. The third kappa shape index (κ3) is 4.00. The van der Waals surface area contributed by atoms with Gasteiger partial charge in [-0.15, -0.1) is 12.4 Å². The summed E-state index contributed by atoms with van der Waals surface area (Å²) in [5, 5.41) is 3.32. The molecule has 2 unspecified atom stereocenters. The van der Waals surface area contributed by atoms with Crippen LogP contribution in [0.25, 0.3) is 11.1 Å². The number of hydrogen-bond acceptors (Lipinski definition) is 3. The van der Waals surface area contributed by atoms with Crippen molar-refractivity contribution in [1.29, 1.82) is 0 Å². The van der Waals surface area contributed by atoms with E-state index in [1.165, 1.54) is 6.07 Å². The molecule has 2 atom stereocenters. The first-order valence-corrected chi connectivity index (χ1v) is 8.49. The number of hydrogen-bond donors (Lipinski definition) is 1. The predicted octanol–water partition coefficient (Wildman–Crippen LogP) is 3.75. The largest absolute Gasteiger partial charge is 0.497 e. The second kappa shape index (κ2) is 8.52. The monoisotopic (exact) mass is 378 g/mol. The second-order valence-electron chi connectivity index (χ2n) is 6.41. The molecule has 0 bridgehead atoms. The Labute approximate surface area is 159 Å². The minimum atomic E-state index is -0.489. The number of nitrogens with zero attached hydrogens (tertiary/aromatic N) is 1. The third-order valence-corrected chi connectivity index (χ3v) is 4.92. The highest BCUT2D eigenvalue weighted by Crippen LogP contribution is 2.25. The van der Waals surface area contributed by atoms with Crippen LogP contribution in [0.1, 0.15) is 24.2 Å². The van der Waals surface area contributed by atoms with E-state index in [0.29, 0.717) is 6.54 Å². The van der Waals surface area contributed by atoms with Gasteiger partial charge in [-0.3, -0.25) is 4.79 Å². The number of rotatable bonds is 3. The molecule has 6 heteroatoms. The van der Waals surface area contributed by atoms with Gasteiger partial charge in [0.05, 0.1) is 12.7 Å². The van der Waals surface area contributed by atoms with E-state index in [2.05, 4.69) is 5.32 Å². The maximum atomic E-state index is 14.6. The van der Waals surface area contributed by atoms with Crippen LogP contribution in [0.15, 0.2) is 42.5 Å². The van der Waals surface area contributed by atoms with Crippen LogP contribution < -0.4 is 10.1 Å². The molecule has 3 rings (SSSR count). The number of halogens is 2. The summed E-state index contributed by atoms with van der Waals surface area (Å²) in [6.07, 6.45) is 0. The lowest BCUT2D eigenvalue weighted by Gasteiger charge is -2.38. The maximum absolute atomic E-state index is 14.6. The van der Waals surface area contributed by atoms with Gasteiger partial charge >= 0.3 is 0 Å². The summed E-state index contributed by atoms with van der Waals surface area (Å²) in [5.41, 5.74) is 1.74. The third-order valence-electron chi connectivity index (χ3n) is 4.92. The van der Waals surface area contributed by atoms with Gasteiger partial charge in [0.25, 0.3) is 5.91 Å².